The lowest BCUT2D eigenvalue weighted by atomic mass is 10.2. The molecular weight excluding hydrogens is 441 g/mol. The zero-order valence-electron chi connectivity index (χ0n) is 16.0. The zero-order chi connectivity index (χ0) is 22.0. The van der Waals surface area contributed by atoms with Crippen LogP contribution in [0, 0.1) is 0 Å². The van der Waals surface area contributed by atoms with Crippen LogP contribution in [0.15, 0.2) is 70.6 Å². The third-order valence-electron chi connectivity index (χ3n) is 4.61. The van der Waals surface area contributed by atoms with Gasteiger partial charge < -0.3 is 5.32 Å². The fourth-order valence-electron chi connectivity index (χ4n) is 3.15. The maximum atomic E-state index is 13.2. The highest BCUT2D eigenvalue weighted by atomic mass is 35.5. The number of carbonyl (C=O) groups is 1. The maximum Gasteiger partial charge on any atom is 0.332 e. The highest BCUT2D eigenvalue weighted by molar-refractivity contribution is 6.39. The van der Waals surface area contributed by atoms with Crippen molar-refractivity contribution in [3.63, 3.8) is 0 Å². The zero-order valence-corrected chi connectivity index (χ0v) is 17.5. The van der Waals surface area contributed by atoms with E-state index in [4.69, 9.17) is 23.2 Å². The van der Waals surface area contributed by atoms with Gasteiger partial charge in [0.25, 0.3) is 5.56 Å². The van der Waals surface area contributed by atoms with Gasteiger partial charge in [-0.05, 0) is 42.0 Å². The van der Waals surface area contributed by atoms with E-state index in [0.29, 0.717) is 5.56 Å². The van der Waals surface area contributed by atoms with Gasteiger partial charge in [-0.1, -0.05) is 29.3 Å². The number of rotatable bonds is 5. The van der Waals surface area contributed by atoms with Crippen LogP contribution in [0.25, 0.3) is 11.0 Å². The fourth-order valence-corrected chi connectivity index (χ4v) is 3.64. The molecular formula is C21H15Cl2N5O3. The normalized spacial score (nSPS) is 10.9. The number of anilines is 1. The molecule has 0 unspecified atom stereocenters. The molecule has 1 aromatic carbocycles. The second kappa shape index (κ2) is 8.71. The van der Waals surface area contributed by atoms with E-state index in [0.717, 1.165) is 4.57 Å². The van der Waals surface area contributed by atoms with Crippen molar-refractivity contribution < 1.29 is 4.79 Å². The Kier molecular flexibility index (Phi) is 5.83. The molecule has 4 rings (SSSR count). The molecule has 0 bridgehead atoms. The van der Waals surface area contributed by atoms with Crippen molar-refractivity contribution in [2.45, 2.75) is 13.1 Å². The van der Waals surface area contributed by atoms with Crippen molar-refractivity contribution in [3.8, 4) is 0 Å². The number of halogens is 2. The van der Waals surface area contributed by atoms with Gasteiger partial charge in [0.05, 0.1) is 27.8 Å². The molecule has 0 aliphatic carbocycles. The fraction of sp³-hybridized carbons (Fsp3) is 0.0952. The third-order valence-corrected chi connectivity index (χ3v) is 5.24. The number of hydrogen-bond acceptors (Lipinski definition) is 5. The monoisotopic (exact) mass is 455 g/mol. The smallest absolute Gasteiger partial charge is 0.322 e. The number of amides is 1. The van der Waals surface area contributed by atoms with Gasteiger partial charge >= 0.3 is 5.69 Å². The van der Waals surface area contributed by atoms with Crippen LogP contribution in [0.3, 0.4) is 0 Å². The average Bonchev–Trinajstić information content (AvgIpc) is 2.77. The molecule has 0 saturated heterocycles. The lowest BCUT2D eigenvalue weighted by Gasteiger charge is -2.14. The van der Waals surface area contributed by atoms with Gasteiger partial charge in [0.1, 0.15) is 6.54 Å². The summed E-state index contributed by atoms with van der Waals surface area (Å²) in [7, 11) is 0. The minimum absolute atomic E-state index is 0.0185. The summed E-state index contributed by atoms with van der Waals surface area (Å²) in [6.45, 7) is -0.343. The van der Waals surface area contributed by atoms with Crippen LogP contribution in [-0.4, -0.2) is 25.0 Å². The first kappa shape index (κ1) is 20.8. The molecule has 156 valence electrons. The van der Waals surface area contributed by atoms with Gasteiger partial charge in [-0.3, -0.25) is 23.7 Å². The second-order valence-corrected chi connectivity index (χ2v) is 7.45. The standard InChI is InChI=1S/C21H15Cl2N5O3/c22-14-3-1-4-15(23)18(14)26-17(29)12-27-16-5-2-8-25-19(16)20(30)28(21(27)31)11-13-6-9-24-10-7-13/h1-10H,11-12H2,(H,26,29). The van der Waals surface area contributed by atoms with Gasteiger partial charge in [-0.25, -0.2) is 9.78 Å². The minimum Gasteiger partial charge on any atom is -0.322 e. The first-order valence-corrected chi connectivity index (χ1v) is 9.92. The SMILES string of the molecule is O=C(Cn1c(=O)n(Cc2ccncc2)c(=O)c2ncccc21)Nc1c(Cl)cccc1Cl. The second-order valence-electron chi connectivity index (χ2n) is 6.63. The summed E-state index contributed by atoms with van der Waals surface area (Å²) in [6, 6.07) is 11.4. The molecule has 0 atom stereocenters. The minimum atomic E-state index is -0.636. The Hall–Kier alpha value is -3.49. The largest absolute Gasteiger partial charge is 0.332 e. The maximum absolute atomic E-state index is 13.2. The van der Waals surface area contributed by atoms with E-state index in [1.165, 1.54) is 10.8 Å². The van der Waals surface area contributed by atoms with Gasteiger partial charge in [0.15, 0.2) is 5.52 Å². The van der Waals surface area contributed by atoms with E-state index < -0.39 is 17.2 Å². The van der Waals surface area contributed by atoms with Crippen LogP contribution >= 0.6 is 23.2 Å². The van der Waals surface area contributed by atoms with Crippen LogP contribution in [0.4, 0.5) is 5.69 Å². The molecule has 0 spiro atoms. The molecule has 10 heteroatoms. The van der Waals surface area contributed by atoms with E-state index in [1.54, 1.807) is 54.9 Å². The number of hydrogen-bond donors (Lipinski definition) is 1. The Morgan fingerprint density at radius 1 is 0.935 bits per heavy atom. The Labute approximate surface area is 185 Å². The first-order chi connectivity index (χ1) is 15.0. The van der Waals surface area contributed by atoms with Crippen molar-refractivity contribution >= 4 is 45.8 Å². The lowest BCUT2D eigenvalue weighted by molar-refractivity contribution is -0.116. The van der Waals surface area contributed by atoms with Crippen LogP contribution in [0.2, 0.25) is 10.0 Å². The number of pyridine rings is 2. The van der Waals surface area contributed by atoms with Gasteiger partial charge in [0, 0.05) is 18.6 Å². The van der Waals surface area contributed by atoms with Crippen molar-refractivity contribution in [1.29, 1.82) is 0 Å². The number of nitrogens with one attached hydrogen (secondary N) is 1. The molecule has 0 radical (unpaired) electrons. The molecule has 8 nitrogen and oxygen atoms in total. The quantitative estimate of drug-likeness (QED) is 0.498. The van der Waals surface area contributed by atoms with Crippen LogP contribution in [-0.2, 0) is 17.9 Å². The Balaban J connectivity index is 1.77. The molecule has 3 heterocycles. The average molecular weight is 456 g/mol. The number of nitrogens with zero attached hydrogens (tertiary/aromatic N) is 4. The van der Waals surface area contributed by atoms with E-state index in [9.17, 15) is 14.4 Å². The number of para-hydroxylation sites is 1. The molecule has 31 heavy (non-hydrogen) atoms. The molecule has 0 saturated carbocycles. The Bertz CT molecular complexity index is 1380. The van der Waals surface area contributed by atoms with Crippen molar-refractivity contribution in [3.05, 3.63) is 97.5 Å². The molecule has 1 N–H and O–H groups in total. The summed E-state index contributed by atoms with van der Waals surface area (Å²) < 4.78 is 2.24. The highest BCUT2D eigenvalue weighted by Gasteiger charge is 2.17. The number of fused-ring (bicyclic) bond motifs is 1. The van der Waals surface area contributed by atoms with Gasteiger partial charge in [-0.2, -0.15) is 0 Å². The summed E-state index contributed by atoms with van der Waals surface area (Å²) in [5, 5.41) is 3.16. The van der Waals surface area contributed by atoms with E-state index in [-0.39, 0.29) is 39.9 Å². The lowest BCUT2D eigenvalue weighted by Crippen LogP contribution is -2.42. The summed E-state index contributed by atoms with van der Waals surface area (Å²) in [4.78, 5) is 46.9. The summed E-state index contributed by atoms with van der Waals surface area (Å²) >= 11 is 12.2. The summed E-state index contributed by atoms with van der Waals surface area (Å²) in [6.07, 6.45) is 4.59. The first-order valence-electron chi connectivity index (χ1n) is 9.17. The van der Waals surface area contributed by atoms with Gasteiger partial charge in [-0.15, -0.1) is 0 Å². The number of aromatic nitrogens is 4. The highest BCUT2D eigenvalue weighted by Crippen LogP contribution is 2.29. The Morgan fingerprint density at radius 3 is 2.35 bits per heavy atom. The van der Waals surface area contributed by atoms with Gasteiger partial charge in [0.2, 0.25) is 5.91 Å². The predicted molar refractivity (Wildman–Crippen MR) is 119 cm³/mol. The molecule has 0 aliphatic rings. The molecule has 0 aliphatic heterocycles. The van der Waals surface area contributed by atoms with Crippen molar-refractivity contribution in [2.75, 3.05) is 5.32 Å². The van der Waals surface area contributed by atoms with E-state index >= 15 is 0 Å². The molecule has 0 fully saturated rings. The third kappa shape index (κ3) is 4.21. The Morgan fingerprint density at radius 2 is 1.65 bits per heavy atom. The summed E-state index contributed by atoms with van der Waals surface area (Å²) in [5.74, 6) is -0.531. The van der Waals surface area contributed by atoms with Crippen LogP contribution in [0.1, 0.15) is 5.56 Å². The number of benzene rings is 1. The number of carbonyl (C=O) groups excluding carboxylic acids is 1. The summed E-state index contributed by atoms with van der Waals surface area (Å²) in [5.41, 5.74) is 0.120. The van der Waals surface area contributed by atoms with Crippen molar-refractivity contribution in [1.82, 2.24) is 19.1 Å². The predicted octanol–water partition coefficient (Wildman–Crippen LogP) is 2.95. The van der Waals surface area contributed by atoms with E-state index in [1.807, 2.05) is 0 Å². The molecule has 4 aromatic rings. The molecule has 1 amide bonds. The van der Waals surface area contributed by atoms with Crippen LogP contribution < -0.4 is 16.6 Å². The van der Waals surface area contributed by atoms with Crippen LogP contribution in [0.5, 0.6) is 0 Å². The molecule has 3 aromatic heterocycles. The van der Waals surface area contributed by atoms with Crippen molar-refractivity contribution in [2.24, 2.45) is 0 Å². The topological polar surface area (TPSA) is 98.9 Å². The van der Waals surface area contributed by atoms with E-state index in [2.05, 4.69) is 15.3 Å².